The molecule has 152 valence electrons. The molecule has 10 heteroatoms. The van der Waals surface area contributed by atoms with E-state index in [1.54, 1.807) is 30.5 Å². The van der Waals surface area contributed by atoms with Gasteiger partial charge >= 0.3 is 6.61 Å². The maximum atomic E-state index is 12.4. The highest BCUT2D eigenvalue weighted by Crippen LogP contribution is 2.31. The maximum absolute atomic E-state index is 12.4. The van der Waals surface area contributed by atoms with Crippen LogP contribution in [0.1, 0.15) is 10.5 Å². The number of rotatable bonds is 8. The molecule has 0 fully saturated rings. The van der Waals surface area contributed by atoms with Gasteiger partial charge in [-0.05, 0) is 42.5 Å². The lowest BCUT2D eigenvalue weighted by molar-refractivity contribution is -0.0512. The van der Waals surface area contributed by atoms with Crippen LogP contribution in [-0.2, 0) is 6.73 Å². The van der Waals surface area contributed by atoms with Crippen molar-refractivity contribution in [2.24, 2.45) is 0 Å². The lowest BCUT2D eigenvalue weighted by atomic mass is 10.2. The molecule has 2 aromatic carbocycles. The van der Waals surface area contributed by atoms with E-state index < -0.39 is 12.5 Å². The minimum Gasteiger partial charge on any atom is -0.493 e. The second-order valence-electron chi connectivity index (χ2n) is 5.67. The Morgan fingerprint density at radius 1 is 1.17 bits per heavy atom. The van der Waals surface area contributed by atoms with E-state index in [2.05, 4.69) is 15.2 Å². The number of hydrogen-bond acceptors (Lipinski definition) is 5. The van der Waals surface area contributed by atoms with Crippen LogP contribution in [0.5, 0.6) is 17.2 Å². The SMILES string of the molecule is COc1cc(NC(=O)c2ccn(COc3ccc(Cl)cc3)n2)ccc1OC(F)F. The van der Waals surface area contributed by atoms with Gasteiger partial charge in [0.15, 0.2) is 23.9 Å². The van der Waals surface area contributed by atoms with E-state index in [-0.39, 0.29) is 23.9 Å². The molecule has 7 nitrogen and oxygen atoms in total. The third kappa shape index (κ3) is 5.58. The van der Waals surface area contributed by atoms with Gasteiger partial charge in [0.05, 0.1) is 7.11 Å². The maximum Gasteiger partial charge on any atom is 0.387 e. The number of methoxy groups -OCH3 is 1. The Morgan fingerprint density at radius 3 is 2.62 bits per heavy atom. The van der Waals surface area contributed by atoms with Gasteiger partial charge in [-0.3, -0.25) is 4.79 Å². The summed E-state index contributed by atoms with van der Waals surface area (Å²) in [6.45, 7) is -2.88. The van der Waals surface area contributed by atoms with Gasteiger partial charge in [-0.2, -0.15) is 13.9 Å². The Hall–Kier alpha value is -3.33. The van der Waals surface area contributed by atoms with Gasteiger partial charge in [0, 0.05) is 23.0 Å². The molecule has 1 amide bonds. The molecule has 0 atom stereocenters. The number of anilines is 1. The van der Waals surface area contributed by atoms with E-state index in [4.69, 9.17) is 21.1 Å². The highest BCUT2D eigenvalue weighted by atomic mass is 35.5. The van der Waals surface area contributed by atoms with Gasteiger partial charge in [-0.25, -0.2) is 4.68 Å². The molecule has 0 saturated carbocycles. The number of nitrogens with zero attached hydrogens (tertiary/aromatic N) is 2. The lowest BCUT2D eigenvalue weighted by Gasteiger charge is -2.11. The van der Waals surface area contributed by atoms with Crippen LogP contribution < -0.4 is 19.5 Å². The second-order valence-corrected chi connectivity index (χ2v) is 6.10. The number of aromatic nitrogens is 2. The van der Waals surface area contributed by atoms with Crippen molar-refractivity contribution in [1.82, 2.24) is 9.78 Å². The lowest BCUT2D eigenvalue weighted by Crippen LogP contribution is -2.14. The number of halogens is 3. The minimum absolute atomic E-state index is 0.0602. The van der Waals surface area contributed by atoms with Gasteiger partial charge in [-0.15, -0.1) is 0 Å². The van der Waals surface area contributed by atoms with Crippen LogP contribution in [0.2, 0.25) is 5.02 Å². The highest BCUT2D eigenvalue weighted by Gasteiger charge is 2.14. The number of nitrogens with one attached hydrogen (secondary N) is 1. The zero-order chi connectivity index (χ0) is 20.8. The molecule has 29 heavy (non-hydrogen) atoms. The zero-order valence-corrected chi connectivity index (χ0v) is 15.9. The standard InChI is InChI=1S/C19H16ClF2N3O4/c1-27-17-10-13(4-7-16(17)29-19(21)22)23-18(26)15-8-9-25(24-15)11-28-14-5-2-12(20)3-6-14/h2-10,19H,11H2,1H3,(H,23,26). The van der Waals surface area contributed by atoms with E-state index in [1.807, 2.05) is 0 Å². The highest BCUT2D eigenvalue weighted by molar-refractivity contribution is 6.30. The number of ether oxygens (including phenoxy) is 3. The quantitative estimate of drug-likeness (QED) is 0.580. The fraction of sp³-hybridized carbons (Fsp3) is 0.158. The van der Waals surface area contributed by atoms with Gasteiger partial charge in [0.2, 0.25) is 0 Å². The number of carbonyl (C=O) groups is 1. The Balaban J connectivity index is 1.61. The van der Waals surface area contributed by atoms with Crippen molar-refractivity contribution < 1.29 is 27.8 Å². The Kier molecular flexibility index (Phi) is 6.50. The second kappa shape index (κ2) is 9.24. The predicted molar refractivity (Wildman–Crippen MR) is 102 cm³/mol. The van der Waals surface area contributed by atoms with Crippen molar-refractivity contribution in [1.29, 1.82) is 0 Å². The van der Waals surface area contributed by atoms with E-state index in [1.165, 1.54) is 36.1 Å². The first kappa shape index (κ1) is 20.4. The van der Waals surface area contributed by atoms with E-state index >= 15 is 0 Å². The number of benzene rings is 2. The van der Waals surface area contributed by atoms with Gasteiger partial charge in [0.1, 0.15) is 5.75 Å². The van der Waals surface area contributed by atoms with Crippen LogP contribution >= 0.6 is 11.6 Å². The molecule has 0 aliphatic rings. The summed E-state index contributed by atoms with van der Waals surface area (Å²) in [6.07, 6.45) is 1.59. The van der Waals surface area contributed by atoms with Crippen LogP contribution in [0.15, 0.2) is 54.7 Å². The summed E-state index contributed by atoms with van der Waals surface area (Å²) in [5, 5.41) is 7.35. The fourth-order valence-electron chi connectivity index (χ4n) is 2.36. The van der Waals surface area contributed by atoms with Crippen molar-refractivity contribution in [2.75, 3.05) is 12.4 Å². The summed E-state index contributed by atoms with van der Waals surface area (Å²) in [6, 6.07) is 12.4. The summed E-state index contributed by atoms with van der Waals surface area (Å²) in [5.41, 5.74) is 0.483. The van der Waals surface area contributed by atoms with Crippen molar-refractivity contribution in [2.45, 2.75) is 13.3 Å². The average Bonchev–Trinajstić information content (AvgIpc) is 3.17. The first-order valence-corrected chi connectivity index (χ1v) is 8.68. The molecule has 1 heterocycles. The largest absolute Gasteiger partial charge is 0.493 e. The molecule has 1 aromatic heterocycles. The Morgan fingerprint density at radius 2 is 1.93 bits per heavy atom. The van der Waals surface area contributed by atoms with Gasteiger partial charge < -0.3 is 19.5 Å². The topological polar surface area (TPSA) is 74.6 Å². The molecular formula is C19H16ClF2N3O4. The third-order valence-electron chi connectivity index (χ3n) is 3.69. The smallest absolute Gasteiger partial charge is 0.387 e. The van der Waals surface area contributed by atoms with Crippen LogP contribution in [0.3, 0.4) is 0 Å². The van der Waals surface area contributed by atoms with Crippen LogP contribution in [-0.4, -0.2) is 29.4 Å². The molecule has 0 bridgehead atoms. The molecule has 0 radical (unpaired) electrons. The molecule has 0 unspecified atom stereocenters. The number of carbonyl (C=O) groups excluding carboxylic acids is 1. The summed E-state index contributed by atoms with van der Waals surface area (Å²) < 4.78 is 41.1. The molecule has 1 N–H and O–H groups in total. The predicted octanol–water partition coefficient (Wildman–Crippen LogP) is 4.44. The van der Waals surface area contributed by atoms with Crippen LogP contribution in [0, 0.1) is 0 Å². The van der Waals surface area contributed by atoms with Crippen LogP contribution in [0.4, 0.5) is 14.5 Å². The Bertz CT molecular complexity index is 980. The average molecular weight is 424 g/mol. The van der Waals surface area contributed by atoms with E-state index in [0.29, 0.717) is 16.5 Å². The third-order valence-corrected chi connectivity index (χ3v) is 3.94. The van der Waals surface area contributed by atoms with Crippen molar-refractivity contribution in [3.8, 4) is 17.2 Å². The fourth-order valence-corrected chi connectivity index (χ4v) is 2.49. The molecule has 0 aliphatic heterocycles. The van der Waals surface area contributed by atoms with Crippen molar-refractivity contribution >= 4 is 23.2 Å². The molecular weight excluding hydrogens is 408 g/mol. The minimum atomic E-state index is -2.98. The van der Waals surface area contributed by atoms with E-state index in [0.717, 1.165) is 0 Å². The summed E-state index contributed by atoms with van der Waals surface area (Å²) in [7, 11) is 1.31. The number of alkyl halides is 2. The summed E-state index contributed by atoms with van der Waals surface area (Å²) in [4.78, 5) is 12.4. The van der Waals surface area contributed by atoms with E-state index in [9.17, 15) is 13.6 Å². The number of hydrogen-bond donors (Lipinski definition) is 1. The first-order chi connectivity index (χ1) is 13.9. The van der Waals surface area contributed by atoms with Crippen molar-refractivity contribution in [3.63, 3.8) is 0 Å². The van der Waals surface area contributed by atoms with Crippen molar-refractivity contribution in [3.05, 3.63) is 65.4 Å². The zero-order valence-electron chi connectivity index (χ0n) is 15.1. The summed E-state index contributed by atoms with van der Waals surface area (Å²) in [5.74, 6) is 0.0445. The molecule has 3 aromatic rings. The van der Waals surface area contributed by atoms with Gasteiger partial charge in [-0.1, -0.05) is 11.6 Å². The molecule has 0 spiro atoms. The first-order valence-electron chi connectivity index (χ1n) is 8.30. The molecule has 0 aliphatic carbocycles. The molecule has 0 saturated heterocycles. The van der Waals surface area contributed by atoms with Crippen LogP contribution in [0.25, 0.3) is 0 Å². The summed E-state index contributed by atoms with van der Waals surface area (Å²) >= 11 is 5.82. The Labute approximate surface area is 169 Å². The number of amides is 1. The normalized spacial score (nSPS) is 10.7. The molecule has 3 rings (SSSR count). The van der Waals surface area contributed by atoms with Gasteiger partial charge in [0.25, 0.3) is 5.91 Å². The monoisotopic (exact) mass is 423 g/mol.